The van der Waals surface area contributed by atoms with E-state index in [4.69, 9.17) is 4.74 Å². The predicted octanol–water partition coefficient (Wildman–Crippen LogP) is 6.86. The number of hydrogen-bond donors (Lipinski definition) is 2. The molecule has 0 saturated carbocycles. The summed E-state index contributed by atoms with van der Waals surface area (Å²) in [5.41, 5.74) is 3.57. The maximum atomic E-state index is 14.5. The molecule has 0 heterocycles. The number of ether oxygens (including phenoxy) is 1. The molecular weight excluding hydrogens is 490 g/mol. The number of nitrogens with one attached hydrogen (secondary N) is 2. The predicted molar refractivity (Wildman–Crippen MR) is 158 cm³/mol. The van der Waals surface area contributed by atoms with E-state index in [1.165, 1.54) is 0 Å². The normalized spacial score (nSPS) is 14.5. The van der Waals surface area contributed by atoms with Crippen LogP contribution in [0.1, 0.15) is 89.6 Å². The molecule has 0 aliphatic carbocycles. The van der Waals surface area contributed by atoms with Crippen LogP contribution in [0.4, 0.5) is 10.5 Å². The lowest BCUT2D eigenvalue weighted by Gasteiger charge is -2.40. The van der Waals surface area contributed by atoms with E-state index in [0.29, 0.717) is 18.5 Å². The van der Waals surface area contributed by atoms with Gasteiger partial charge in [0.05, 0.1) is 0 Å². The molecule has 0 radical (unpaired) electrons. The van der Waals surface area contributed by atoms with Gasteiger partial charge in [-0.05, 0) is 83.6 Å². The van der Waals surface area contributed by atoms with Gasteiger partial charge in [-0.25, -0.2) is 4.79 Å². The topological polar surface area (TPSA) is 87.7 Å². The minimum absolute atomic E-state index is 0.185. The molecule has 0 aromatic heterocycles. The summed E-state index contributed by atoms with van der Waals surface area (Å²) in [5, 5.41) is 5.91. The van der Waals surface area contributed by atoms with Crippen LogP contribution in [0, 0.1) is 26.7 Å². The fraction of sp³-hybridized carbons (Fsp3) is 0.531. The summed E-state index contributed by atoms with van der Waals surface area (Å²) in [6, 6.07) is 11.5. The Morgan fingerprint density at radius 1 is 0.923 bits per heavy atom. The van der Waals surface area contributed by atoms with Crippen LogP contribution in [-0.4, -0.2) is 40.5 Å². The number of carbonyl (C=O) groups excluding carboxylic acids is 3. The van der Waals surface area contributed by atoms with Gasteiger partial charge in [0.1, 0.15) is 17.7 Å². The quantitative estimate of drug-likeness (QED) is 0.347. The fourth-order valence-corrected chi connectivity index (χ4v) is 4.46. The Hall–Kier alpha value is -3.35. The van der Waals surface area contributed by atoms with E-state index >= 15 is 0 Å². The van der Waals surface area contributed by atoms with Crippen LogP contribution in [0.15, 0.2) is 42.5 Å². The van der Waals surface area contributed by atoms with Gasteiger partial charge in [-0.15, -0.1) is 0 Å². The monoisotopic (exact) mass is 537 g/mol. The first kappa shape index (κ1) is 31.9. The second kappa shape index (κ2) is 13.6. The van der Waals surface area contributed by atoms with Gasteiger partial charge >= 0.3 is 6.09 Å². The third-order valence-corrected chi connectivity index (χ3v) is 7.13. The number of carbonyl (C=O) groups is 3. The van der Waals surface area contributed by atoms with Crippen molar-refractivity contribution in [1.82, 2.24) is 10.2 Å². The molecule has 7 heteroatoms. The first-order valence-corrected chi connectivity index (χ1v) is 13.9. The largest absolute Gasteiger partial charge is 0.444 e. The van der Waals surface area contributed by atoms with E-state index < -0.39 is 23.8 Å². The first-order valence-electron chi connectivity index (χ1n) is 13.9. The van der Waals surface area contributed by atoms with Crippen LogP contribution < -0.4 is 10.6 Å². The van der Waals surface area contributed by atoms with E-state index in [-0.39, 0.29) is 23.8 Å². The molecule has 2 rings (SSSR count). The zero-order chi connectivity index (χ0) is 29.5. The van der Waals surface area contributed by atoms with Gasteiger partial charge in [-0.1, -0.05) is 69.2 Å². The van der Waals surface area contributed by atoms with Gasteiger partial charge in [0.15, 0.2) is 0 Å². The standard InChI is InChI=1S/C32H47N3O4/c1-11-21(4)27(34-31(38)39-32(8,9)10)30(37)35(24(7)12-2)28(25-19-20(3)17-18-22(25)5)29(36)33-26-16-14-13-15-23(26)6/h13-19,21,24,27-28H,11-12H2,1-10H3,(H,33,36)(H,34,38). The van der Waals surface area contributed by atoms with Crippen molar-refractivity contribution in [1.29, 1.82) is 0 Å². The summed E-state index contributed by atoms with van der Waals surface area (Å²) < 4.78 is 5.50. The van der Waals surface area contributed by atoms with Gasteiger partial charge in [0.25, 0.3) is 5.91 Å². The Morgan fingerprint density at radius 3 is 2.13 bits per heavy atom. The molecule has 214 valence electrons. The Bertz CT molecular complexity index is 1150. The summed E-state index contributed by atoms with van der Waals surface area (Å²) in [6.07, 6.45) is 0.631. The highest BCUT2D eigenvalue weighted by Gasteiger charge is 2.40. The Labute approximate surface area is 234 Å². The van der Waals surface area contributed by atoms with Crippen molar-refractivity contribution in [3.8, 4) is 0 Å². The molecule has 0 saturated heterocycles. The van der Waals surface area contributed by atoms with E-state index in [1.54, 1.807) is 25.7 Å². The molecule has 0 fully saturated rings. The highest BCUT2D eigenvalue weighted by molar-refractivity contribution is 5.99. The average molecular weight is 538 g/mol. The van der Waals surface area contributed by atoms with Gasteiger partial charge in [-0.3, -0.25) is 9.59 Å². The molecule has 2 aromatic rings. The lowest BCUT2D eigenvalue weighted by molar-refractivity contribution is -0.144. The second-order valence-electron chi connectivity index (χ2n) is 11.6. The van der Waals surface area contributed by atoms with Gasteiger partial charge in [0.2, 0.25) is 5.91 Å². The van der Waals surface area contributed by atoms with E-state index in [1.807, 2.05) is 90.9 Å². The van der Waals surface area contributed by atoms with Crippen molar-refractivity contribution in [2.45, 2.75) is 106 Å². The zero-order valence-corrected chi connectivity index (χ0v) is 25.3. The number of anilines is 1. The van der Waals surface area contributed by atoms with Crippen molar-refractivity contribution in [3.05, 3.63) is 64.7 Å². The molecule has 2 N–H and O–H groups in total. The maximum absolute atomic E-state index is 14.5. The molecule has 0 bridgehead atoms. The summed E-state index contributed by atoms with van der Waals surface area (Å²) in [7, 11) is 0. The molecule has 2 aromatic carbocycles. The molecule has 39 heavy (non-hydrogen) atoms. The SMILES string of the molecule is CCC(C)C(NC(=O)OC(C)(C)C)C(=O)N(C(C)CC)C(C(=O)Nc1ccccc1C)c1cc(C)ccc1C. The highest BCUT2D eigenvalue weighted by atomic mass is 16.6. The van der Waals surface area contributed by atoms with E-state index in [0.717, 1.165) is 22.3 Å². The van der Waals surface area contributed by atoms with Crippen LogP contribution in [0.5, 0.6) is 0 Å². The summed E-state index contributed by atoms with van der Waals surface area (Å²) in [4.78, 5) is 43.1. The third kappa shape index (κ3) is 8.57. The van der Waals surface area contributed by atoms with Crippen molar-refractivity contribution < 1.29 is 19.1 Å². The number of benzene rings is 2. The van der Waals surface area contributed by atoms with Crippen molar-refractivity contribution >= 4 is 23.6 Å². The second-order valence-corrected chi connectivity index (χ2v) is 11.6. The number of nitrogens with zero attached hydrogens (tertiary/aromatic N) is 1. The summed E-state index contributed by atoms with van der Waals surface area (Å²) in [6.45, 7) is 19.0. The van der Waals surface area contributed by atoms with Crippen LogP contribution in [-0.2, 0) is 14.3 Å². The fourth-order valence-electron chi connectivity index (χ4n) is 4.46. The third-order valence-electron chi connectivity index (χ3n) is 7.13. The summed E-state index contributed by atoms with van der Waals surface area (Å²) in [5.74, 6) is -0.794. The Balaban J connectivity index is 2.66. The minimum atomic E-state index is -0.904. The Morgan fingerprint density at radius 2 is 1.56 bits per heavy atom. The first-order chi connectivity index (χ1) is 18.2. The number of amides is 3. The smallest absolute Gasteiger partial charge is 0.408 e. The molecule has 4 atom stereocenters. The number of alkyl carbamates (subject to hydrolysis) is 1. The number of hydrogen-bond acceptors (Lipinski definition) is 4. The number of rotatable bonds is 10. The summed E-state index contributed by atoms with van der Waals surface area (Å²) >= 11 is 0. The average Bonchev–Trinajstić information content (AvgIpc) is 2.86. The Kier molecular flexibility index (Phi) is 11.1. The number of para-hydroxylation sites is 1. The van der Waals surface area contributed by atoms with Crippen LogP contribution in [0.25, 0.3) is 0 Å². The van der Waals surface area contributed by atoms with Crippen molar-refractivity contribution in [3.63, 3.8) is 0 Å². The van der Waals surface area contributed by atoms with Gasteiger partial charge in [0, 0.05) is 11.7 Å². The molecule has 0 aliphatic heterocycles. The van der Waals surface area contributed by atoms with E-state index in [9.17, 15) is 14.4 Å². The molecular formula is C32H47N3O4. The van der Waals surface area contributed by atoms with E-state index in [2.05, 4.69) is 10.6 Å². The van der Waals surface area contributed by atoms with Crippen molar-refractivity contribution in [2.24, 2.45) is 5.92 Å². The molecule has 0 aliphatic rings. The lowest BCUT2D eigenvalue weighted by Crippen LogP contribution is -2.57. The van der Waals surface area contributed by atoms with Crippen LogP contribution in [0.3, 0.4) is 0 Å². The highest BCUT2D eigenvalue weighted by Crippen LogP contribution is 2.31. The van der Waals surface area contributed by atoms with Crippen LogP contribution in [0.2, 0.25) is 0 Å². The molecule has 7 nitrogen and oxygen atoms in total. The van der Waals surface area contributed by atoms with Crippen LogP contribution >= 0.6 is 0 Å². The lowest BCUT2D eigenvalue weighted by atomic mass is 9.92. The van der Waals surface area contributed by atoms with Crippen molar-refractivity contribution in [2.75, 3.05) is 5.32 Å². The molecule has 0 spiro atoms. The maximum Gasteiger partial charge on any atom is 0.408 e. The molecule has 3 amide bonds. The van der Waals surface area contributed by atoms with Gasteiger partial charge < -0.3 is 20.3 Å². The molecule has 4 unspecified atom stereocenters. The number of aryl methyl sites for hydroxylation is 3. The minimum Gasteiger partial charge on any atom is -0.444 e. The van der Waals surface area contributed by atoms with Gasteiger partial charge in [-0.2, -0.15) is 0 Å². The zero-order valence-electron chi connectivity index (χ0n) is 25.3.